The number of aromatic nitrogens is 3. The molecule has 2 heterocycles. The summed E-state index contributed by atoms with van der Waals surface area (Å²) in [6.45, 7) is 0.816. The van der Waals surface area contributed by atoms with E-state index in [1.807, 2.05) is 18.4 Å². The van der Waals surface area contributed by atoms with E-state index in [0.29, 0.717) is 0 Å². The molecule has 0 atom stereocenters. The van der Waals surface area contributed by atoms with Gasteiger partial charge in [-0.3, -0.25) is 4.98 Å². The quantitative estimate of drug-likeness (QED) is 0.850. The minimum Gasteiger partial charge on any atom is -0.352 e. The van der Waals surface area contributed by atoms with Gasteiger partial charge >= 0.3 is 0 Å². The number of fused-ring (bicyclic) bond motifs is 1. The van der Waals surface area contributed by atoms with Crippen molar-refractivity contribution in [3.05, 3.63) is 34.2 Å². The van der Waals surface area contributed by atoms with Crippen LogP contribution in [0, 0.1) is 0 Å². The molecule has 18 heavy (non-hydrogen) atoms. The monoisotopic (exact) mass is 260 g/mol. The smallest absolute Gasteiger partial charge is 0.147 e. The van der Waals surface area contributed by atoms with Crippen molar-refractivity contribution in [3.8, 4) is 0 Å². The summed E-state index contributed by atoms with van der Waals surface area (Å²) in [4.78, 5) is 16.7. The van der Waals surface area contributed by atoms with Gasteiger partial charge in [-0.2, -0.15) is 0 Å². The zero-order valence-corrected chi connectivity index (χ0v) is 11.3. The number of nitrogens with zero attached hydrogens (tertiary/aromatic N) is 4. The summed E-state index contributed by atoms with van der Waals surface area (Å²) in [5.41, 5.74) is 1.33. The molecule has 0 radical (unpaired) electrons. The molecule has 0 saturated heterocycles. The van der Waals surface area contributed by atoms with Crippen LogP contribution in [0.5, 0.6) is 0 Å². The number of hydrogen-bond acceptors (Lipinski definition) is 5. The minimum absolute atomic E-state index is 0.816. The molecule has 3 rings (SSSR count). The lowest BCUT2D eigenvalue weighted by atomic mass is 10.0. The first-order chi connectivity index (χ1) is 8.83. The highest BCUT2D eigenvalue weighted by Crippen LogP contribution is 2.27. The van der Waals surface area contributed by atoms with E-state index in [1.54, 1.807) is 18.6 Å². The first-order valence-electron chi connectivity index (χ1n) is 6.27. The van der Waals surface area contributed by atoms with Gasteiger partial charge < -0.3 is 4.90 Å². The Balaban J connectivity index is 1.74. The molecule has 4 nitrogen and oxygen atoms in total. The van der Waals surface area contributed by atoms with Crippen LogP contribution < -0.4 is 4.90 Å². The van der Waals surface area contributed by atoms with Crippen LogP contribution in [0.15, 0.2) is 18.6 Å². The van der Waals surface area contributed by atoms with Crippen molar-refractivity contribution in [2.45, 2.75) is 32.2 Å². The van der Waals surface area contributed by atoms with Crippen LogP contribution in [-0.4, -0.2) is 22.0 Å². The van der Waals surface area contributed by atoms with Crippen LogP contribution in [0.2, 0.25) is 0 Å². The van der Waals surface area contributed by atoms with Crippen LogP contribution in [0.3, 0.4) is 0 Å². The molecule has 0 unspecified atom stereocenters. The number of hydrogen-bond donors (Lipinski definition) is 0. The largest absolute Gasteiger partial charge is 0.352 e. The van der Waals surface area contributed by atoms with E-state index in [9.17, 15) is 0 Å². The summed E-state index contributed by atoms with van der Waals surface area (Å²) in [5, 5.41) is 1.19. The van der Waals surface area contributed by atoms with Crippen molar-refractivity contribution in [2.75, 3.05) is 11.9 Å². The first-order valence-corrected chi connectivity index (χ1v) is 7.09. The van der Waals surface area contributed by atoms with Gasteiger partial charge in [0.1, 0.15) is 10.8 Å². The van der Waals surface area contributed by atoms with Crippen molar-refractivity contribution in [1.82, 2.24) is 15.0 Å². The van der Waals surface area contributed by atoms with Gasteiger partial charge in [0.05, 0.1) is 18.4 Å². The Morgan fingerprint density at radius 2 is 2.17 bits per heavy atom. The van der Waals surface area contributed by atoms with Gasteiger partial charge in [0.15, 0.2) is 0 Å². The van der Waals surface area contributed by atoms with Crippen molar-refractivity contribution in [3.63, 3.8) is 0 Å². The van der Waals surface area contributed by atoms with E-state index in [2.05, 4.69) is 14.9 Å². The maximum absolute atomic E-state index is 4.74. The Morgan fingerprint density at radius 3 is 2.94 bits per heavy atom. The Bertz CT molecular complexity index is 500. The lowest BCUT2D eigenvalue weighted by Gasteiger charge is -2.15. The number of rotatable bonds is 3. The average molecular weight is 260 g/mol. The molecule has 0 aromatic carbocycles. The molecule has 2 aromatic rings. The van der Waals surface area contributed by atoms with Gasteiger partial charge in [-0.15, -0.1) is 11.3 Å². The SMILES string of the molecule is CN(Cc1nc2c(s1)CCCC2)c1cnccn1. The fourth-order valence-corrected chi connectivity index (χ4v) is 3.46. The third-order valence-corrected chi connectivity index (χ3v) is 4.35. The third-order valence-electron chi connectivity index (χ3n) is 3.20. The van der Waals surface area contributed by atoms with Gasteiger partial charge in [-0.05, 0) is 25.7 Å². The molecule has 0 saturated carbocycles. The van der Waals surface area contributed by atoms with Crippen LogP contribution in [0.4, 0.5) is 5.82 Å². The van der Waals surface area contributed by atoms with Crippen molar-refractivity contribution in [1.29, 1.82) is 0 Å². The molecule has 94 valence electrons. The molecule has 0 N–H and O–H groups in total. The minimum atomic E-state index is 0.816. The molecule has 0 aliphatic heterocycles. The van der Waals surface area contributed by atoms with Crippen LogP contribution in [0.25, 0.3) is 0 Å². The van der Waals surface area contributed by atoms with Crippen LogP contribution in [-0.2, 0) is 19.4 Å². The first kappa shape index (κ1) is 11.6. The Kier molecular flexibility index (Phi) is 3.23. The van der Waals surface area contributed by atoms with Crippen LogP contribution in [0.1, 0.15) is 28.4 Å². The molecule has 2 aromatic heterocycles. The predicted octanol–water partition coefficient (Wildman–Crippen LogP) is 2.45. The summed E-state index contributed by atoms with van der Waals surface area (Å²) in [7, 11) is 2.03. The average Bonchev–Trinajstić information content (AvgIpc) is 2.82. The molecule has 5 heteroatoms. The number of aryl methyl sites for hydroxylation is 2. The Morgan fingerprint density at radius 1 is 1.28 bits per heavy atom. The fraction of sp³-hybridized carbons (Fsp3) is 0.462. The van der Waals surface area contributed by atoms with E-state index < -0.39 is 0 Å². The van der Waals surface area contributed by atoms with Crippen molar-refractivity contribution >= 4 is 17.2 Å². The Hall–Kier alpha value is -1.49. The van der Waals surface area contributed by atoms with Crippen LogP contribution >= 0.6 is 11.3 Å². The van der Waals surface area contributed by atoms with Gasteiger partial charge in [0, 0.05) is 24.3 Å². The summed E-state index contributed by atoms with van der Waals surface area (Å²) >= 11 is 1.86. The van der Waals surface area contributed by atoms with E-state index >= 15 is 0 Å². The topological polar surface area (TPSA) is 41.9 Å². The highest BCUT2D eigenvalue weighted by molar-refractivity contribution is 7.11. The lowest BCUT2D eigenvalue weighted by molar-refractivity contribution is 0.680. The molecular weight excluding hydrogens is 244 g/mol. The predicted molar refractivity (Wildman–Crippen MR) is 72.9 cm³/mol. The van der Waals surface area contributed by atoms with E-state index in [4.69, 9.17) is 4.98 Å². The highest BCUT2D eigenvalue weighted by atomic mass is 32.1. The number of thiazole rings is 1. The lowest BCUT2D eigenvalue weighted by Crippen LogP contribution is -2.17. The molecular formula is C13H16N4S. The number of anilines is 1. The molecule has 0 spiro atoms. The highest BCUT2D eigenvalue weighted by Gasteiger charge is 2.16. The third kappa shape index (κ3) is 2.36. The maximum Gasteiger partial charge on any atom is 0.147 e. The molecule has 0 bridgehead atoms. The fourth-order valence-electron chi connectivity index (χ4n) is 2.25. The van der Waals surface area contributed by atoms with E-state index in [1.165, 1.54) is 34.8 Å². The molecule has 1 aliphatic carbocycles. The van der Waals surface area contributed by atoms with Crippen molar-refractivity contribution in [2.24, 2.45) is 0 Å². The molecule has 0 fully saturated rings. The summed E-state index contributed by atoms with van der Waals surface area (Å²) < 4.78 is 0. The zero-order valence-electron chi connectivity index (χ0n) is 10.5. The Labute approximate surface area is 111 Å². The van der Waals surface area contributed by atoms with E-state index in [0.717, 1.165) is 18.8 Å². The molecule has 1 aliphatic rings. The second kappa shape index (κ2) is 5.02. The van der Waals surface area contributed by atoms with Crippen molar-refractivity contribution < 1.29 is 0 Å². The van der Waals surface area contributed by atoms with E-state index in [-0.39, 0.29) is 0 Å². The van der Waals surface area contributed by atoms with Gasteiger partial charge in [0.2, 0.25) is 0 Å². The zero-order chi connectivity index (χ0) is 12.4. The van der Waals surface area contributed by atoms with Gasteiger partial charge in [-0.25, -0.2) is 9.97 Å². The maximum atomic E-state index is 4.74. The second-order valence-electron chi connectivity index (χ2n) is 4.60. The summed E-state index contributed by atoms with van der Waals surface area (Å²) in [6, 6.07) is 0. The van der Waals surface area contributed by atoms with Gasteiger partial charge in [0.25, 0.3) is 0 Å². The summed E-state index contributed by atoms with van der Waals surface area (Å²) in [6.07, 6.45) is 10.2. The summed E-state index contributed by atoms with van der Waals surface area (Å²) in [5.74, 6) is 0.894. The standard InChI is InChI=1S/C13H16N4S/c1-17(12-8-14-6-7-15-12)9-13-16-10-4-2-3-5-11(10)18-13/h6-8H,2-5,9H2,1H3. The van der Waals surface area contributed by atoms with Gasteiger partial charge in [-0.1, -0.05) is 0 Å². The normalized spacial score (nSPS) is 14.3. The molecule has 0 amide bonds. The second-order valence-corrected chi connectivity index (χ2v) is 5.77.